The topological polar surface area (TPSA) is 58.4 Å². The summed E-state index contributed by atoms with van der Waals surface area (Å²) in [5.74, 6) is 0.0347. The SMILES string of the molecule is Cc1c(Cl)ccc2c1N(CCN)CCC(=O)N2. The van der Waals surface area contributed by atoms with Gasteiger partial charge in [0, 0.05) is 31.1 Å². The third kappa shape index (κ3) is 2.37. The van der Waals surface area contributed by atoms with Gasteiger partial charge in [-0.15, -0.1) is 0 Å². The first-order valence-corrected chi connectivity index (χ1v) is 6.05. The Labute approximate surface area is 106 Å². The van der Waals surface area contributed by atoms with Gasteiger partial charge < -0.3 is 16.0 Å². The molecule has 0 aromatic heterocycles. The van der Waals surface area contributed by atoms with Crippen LogP contribution in [0.25, 0.3) is 0 Å². The minimum Gasteiger partial charge on any atom is -0.368 e. The van der Waals surface area contributed by atoms with Gasteiger partial charge in [-0.2, -0.15) is 0 Å². The maximum atomic E-state index is 11.6. The molecule has 0 spiro atoms. The molecule has 0 saturated heterocycles. The maximum absolute atomic E-state index is 11.6. The Morgan fingerprint density at radius 3 is 3.00 bits per heavy atom. The minimum atomic E-state index is 0.0347. The molecule has 0 radical (unpaired) electrons. The number of anilines is 2. The third-order valence-electron chi connectivity index (χ3n) is 2.96. The molecular formula is C12H16ClN3O. The lowest BCUT2D eigenvalue weighted by Crippen LogP contribution is -2.30. The predicted molar refractivity (Wildman–Crippen MR) is 70.7 cm³/mol. The Morgan fingerprint density at radius 1 is 1.53 bits per heavy atom. The van der Waals surface area contributed by atoms with E-state index in [0.29, 0.717) is 24.5 Å². The molecule has 0 saturated carbocycles. The van der Waals surface area contributed by atoms with Gasteiger partial charge in [0.25, 0.3) is 0 Å². The van der Waals surface area contributed by atoms with Crippen LogP contribution in [0.2, 0.25) is 5.02 Å². The highest BCUT2D eigenvalue weighted by Gasteiger charge is 2.21. The van der Waals surface area contributed by atoms with E-state index in [0.717, 1.165) is 23.5 Å². The van der Waals surface area contributed by atoms with Gasteiger partial charge in [0.05, 0.1) is 11.4 Å². The van der Waals surface area contributed by atoms with E-state index in [-0.39, 0.29) is 5.91 Å². The molecule has 0 bridgehead atoms. The van der Waals surface area contributed by atoms with Crippen LogP contribution in [0.1, 0.15) is 12.0 Å². The quantitative estimate of drug-likeness (QED) is 0.844. The molecule has 17 heavy (non-hydrogen) atoms. The van der Waals surface area contributed by atoms with Crippen LogP contribution in [0.15, 0.2) is 12.1 Å². The number of amides is 1. The largest absolute Gasteiger partial charge is 0.368 e. The summed E-state index contributed by atoms with van der Waals surface area (Å²) in [4.78, 5) is 13.7. The zero-order valence-electron chi connectivity index (χ0n) is 9.79. The predicted octanol–water partition coefficient (Wildman–Crippen LogP) is 1.76. The zero-order valence-corrected chi connectivity index (χ0v) is 10.5. The van der Waals surface area contributed by atoms with Crippen LogP contribution >= 0.6 is 11.6 Å². The standard InChI is InChI=1S/C12H16ClN3O/c1-8-9(13)2-3-10-12(8)16(7-5-14)6-4-11(17)15-10/h2-3H,4-7,14H2,1H3,(H,15,17). The summed E-state index contributed by atoms with van der Waals surface area (Å²) in [5, 5.41) is 3.61. The Kier molecular flexibility index (Phi) is 3.54. The molecule has 1 aliphatic heterocycles. The van der Waals surface area contributed by atoms with Crippen molar-refractivity contribution in [2.24, 2.45) is 5.73 Å². The van der Waals surface area contributed by atoms with Crippen molar-refractivity contribution in [3.05, 3.63) is 22.7 Å². The fraction of sp³-hybridized carbons (Fsp3) is 0.417. The van der Waals surface area contributed by atoms with E-state index >= 15 is 0 Å². The van der Waals surface area contributed by atoms with E-state index in [1.807, 2.05) is 19.1 Å². The molecular weight excluding hydrogens is 238 g/mol. The average Bonchev–Trinajstić information content (AvgIpc) is 2.45. The van der Waals surface area contributed by atoms with E-state index in [1.54, 1.807) is 0 Å². The number of halogens is 1. The molecule has 5 heteroatoms. The second-order valence-electron chi connectivity index (χ2n) is 4.14. The second kappa shape index (κ2) is 4.94. The fourth-order valence-corrected chi connectivity index (χ4v) is 2.28. The van der Waals surface area contributed by atoms with Crippen molar-refractivity contribution in [3.63, 3.8) is 0 Å². The number of fused-ring (bicyclic) bond motifs is 1. The highest BCUT2D eigenvalue weighted by molar-refractivity contribution is 6.32. The number of nitrogens with two attached hydrogens (primary N) is 1. The summed E-state index contributed by atoms with van der Waals surface area (Å²) in [5.41, 5.74) is 8.41. The number of rotatable bonds is 2. The molecule has 2 rings (SSSR count). The van der Waals surface area contributed by atoms with Gasteiger partial charge in [0.2, 0.25) is 5.91 Å². The van der Waals surface area contributed by atoms with E-state index in [2.05, 4.69) is 10.2 Å². The molecule has 1 aliphatic rings. The fourth-order valence-electron chi connectivity index (χ4n) is 2.12. The normalized spacial score (nSPS) is 15.2. The smallest absolute Gasteiger partial charge is 0.226 e. The monoisotopic (exact) mass is 253 g/mol. The molecule has 0 aliphatic carbocycles. The number of carbonyl (C=O) groups excluding carboxylic acids is 1. The summed E-state index contributed by atoms with van der Waals surface area (Å²) >= 11 is 6.13. The summed E-state index contributed by atoms with van der Waals surface area (Å²) in [6.45, 7) is 3.92. The Bertz CT molecular complexity index is 448. The van der Waals surface area contributed by atoms with E-state index in [1.165, 1.54) is 0 Å². The molecule has 1 heterocycles. The lowest BCUT2D eigenvalue weighted by molar-refractivity contribution is -0.115. The molecule has 4 nitrogen and oxygen atoms in total. The number of carbonyl (C=O) groups is 1. The van der Waals surface area contributed by atoms with Crippen LogP contribution in [0, 0.1) is 6.92 Å². The van der Waals surface area contributed by atoms with Gasteiger partial charge in [-0.05, 0) is 24.6 Å². The molecule has 92 valence electrons. The Hall–Kier alpha value is -1.26. The molecule has 0 atom stereocenters. The van der Waals surface area contributed by atoms with Crippen LogP contribution in [0.4, 0.5) is 11.4 Å². The number of nitrogens with one attached hydrogen (secondary N) is 1. The molecule has 0 unspecified atom stereocenters. The first kappa shape index (κ1) is 12.2. The van der Waals surface area contributed by atoms with Crippen molar-refractivity contribution in [1.29, 1.82) is 0 Å². The molecule has 3 N–H and O–H groups in total. The van der Waals surface area contributed by atoms with Crippen LogP contribution < -0.4 is 16.0 Å². The van der Waals surface area contributed by atoms with Crippen molar-refractivity contribution in [1.82, 2.24) is 0 Å². The van der Waals surface area contributed by atoms with Gasteiger partial charge in [0.1, 0.15) is 0 Å². The first-order chi connectivity index (χ1) is 8.13. The Morgan fingerprint density at radius 2 is 2.29 bits per heavy atom. The van der Waals surface area contributed by atoms with Gasteiger partial charge in [-0.1, -0.05) is 11.6 Å². The highest BCUT2D eigenvalue weighted by Crippen LogP contribution is 2.35. The van der Waals surface area contributed by atoms with Crippen molar-refractivity contribution < 1.29 is 4.79 Å². The number of hydrogen-bond acceptors (Lipinski definition) is 3. The van der Waals surface area contributed by atoms with Crippen LogP contribution in [-0.2, 0) is 4.79 Å². The summed E-state index contributed by atoms with van der Waals surface area (Å²) in [6, 6.07) is 3.65. The van der Waals surface area contributed by atoms with Crippen LogP contribution in [-0.4, -0.2) is 25.5 Å². The first-order valence-electron chi connectivity index (χ1n) is 5.67. The van der Waals surface area contributed by atoms with Gasteiger partial charge in [-0.3, -0.25) is 4.79 Å². The van der Waals surface area contributed by atoms with Crippen molar-refractivity contribution >= 4 is 28.9 Å². The highest BCUT2D eigenvalue weighted by atomic mass is 35.5. The molecule has 1 amide bonds. The number of nitrogens with zero attached hydrogens (tertiary/aromatic N) is 1. The summed E-state index contributed by atoms with van der Waals surface area (Å²) < 4.78 is 0. The number of hydrogen-bond donors (Lipinski definition) is 2. The van der Waals surface area contributed by atoms with E-state index in [9.17, 15) is 4.79 Å². The van der Waals surface area contributed by atoms with Crippen molar-refractivity contribution in [2.75, 3.05) is 29.9 Å². The summed E-state index contributed by atoms with van der Waals surface area (Å²) in [7, 11) is 0. The van der Waals surface area contributed by atoms with Gasteiger partial charge in [-0.25, -0.2) is 0 Å². The maximum Gasteiger partial charge on any atom is 0.226 e. The van der Waals surface area contributed by atoms with Crippen molar-refractivity contribution in [2.45, 2.75) is 13.3 Å². The third-order valence-corrected chi connectivity index (χ3v) is 3.37. The van der Waals surface area contributed by atoms with E-state index in [4.69, 9.17) is 17.3 Å². The van der Waals surface area contributed by atoms with Gasteiger partial charge >= 0.3 is 0 Å². The average molecular weight is 254 g/mol. The van der Waals surface area contributed by atoms with Crippen molar-refractivity contribution in [3.8, 4) is 0 Å². The molecule has 0 fully saturated rings. The van der Waals surface area contributed by atoms with Gasteiger partial charge in [0.15, 0.2) is 0 Å². The molecule has 1 aromatic rings. The van der Waals surface area contributed by atoms with Crippen LogP contribution in [0.3, 0.4) is 0 Å². The Balaban J connectivity index is 2.50. The number of benzene rings is 1. The van der Waals surface area contributed by atoms with Crippen LogP contribution in [0.5, 0.6) is 0 Å². The van der Waals surface area contributed by atoms with E-state index < -0.39 is 0 Å². The lowest BCUT2D eigenvalue weighted by atomic mass is 10.1. The zero-order chi connectivity index (χ0) is 12.4. The minimum absolute atomic E-state index is 0.0347. The lowest BCUT2D eigenvalue weighted by Gasteiger charge is -2.25. The summed E-state index contributed by atoms with van der Waals surface area (Å²) in [6.07, 6.45) is 0.478. The molecule has 1 aromatic carbocycles. The second-order valence-corrected chi connectivity index (χ2v) is 4.55.